The van der Waals surface area contributed by atoms with Gasteiger partial charge in [0.05, 0.1) is 4.34 Å². The van der Waals surface area contributed by atoms with E-state index in [-0.39, 0.29) is 24.5 Å². The van der Waals surface area contributed by atoms with Crippen molar-refractivity contribution in [3.63, 3.8) is 0 Å². The predicted octanol–water partition coefficient (Wildman–Crippen LogP) is 2.55. The van der Waals surface area contributed by atoms with Gasteiger partial charge in [-0.1, -0.05) is 11.6 Å². The van der Waals surface area contributed by atoms with Crippen molar-refractivity contribution in [2.45, 2.75) is 43.0 Å². The zero-order valence-corrected chi connectivity index (χ0v) is 14.0. The largest absolute Gasteiger partial charge is 0.313 e. The third-order valence-electron chi connectivity index (χ3n) is 3.17. The van der Waals surface area contributed by atoms with Gasteiger partial charge in [-0.15, -0.1) is 23.7 Å². The second-order valence-electron chi connectivity index (χ2n) is 4.63. The van der Waals surface area contributed by atoms with Crippen LogP contribution in [0.4, 0.5) is 0 Å². The number of rotatable bonds is 3. The molecule has 0 bridgehead atoms. The second kappa shape index (κ2) is 6.74. The molecule has 1 saturated heterocycles. The molecule has 0 radical (unpaired) electrons. The van der Waals surface area contributed by atoms with E-state index in [0.717, 1.165) is 36.3 Å². The Bertz CT molecular complexity index is 511. The van der Waals surface area contributed by atoms with Crippen LogP contribution in [0.25, 0.3) is 0 Å². The van der Waals surface area contributed by atoms with Gasteiger partial charge in [0, 0.05) is 12.1 Å². The van der Waals surface area contributed by atoms with Crippen molar-refractivity contribution in [3.8, 4) is 0 Å². The van der Waals surface area contributed by atoms with Gasteiger partial charge in [-0.05, 0) is 44.9 Å². The third kappa shape index (κ3) is 4.06. The summed E-state index contributed by atoms with van der Waals surface area (Å²) in [5.41, 5.74) is 0.803. The lowest BCUT2D eigenvalue weighted by atomic mass is 10.0. The molecule has 2 heterocycles. The highest BCUT2D eigenvalue weighted by molar-refractivity contribution is 7.91. The number of hydrogen-bond donors (Lipinski definition) is 2. The van der Waals surface area contributed by atoms with E-state index in [0.29, 0.717) is 8.55 Å². The zero-order valence-electron chi connectivity index (χ0n) is 10.8. The van der Waals surface area contributed by atoms with E-state index in [1.807, 2.05) is 13.8 Å². The van der Waals surface area contributed by atoms with Crippen LogP contribution in [0.1, 0.15) is 25.3 Å². The predicted molar refractivity (Wildman–Crippen MR) is 82.1 cm³/mol. The first-order valence-electron chi connectivity index (χ1n) is 5.92. The smallest absolute Gasteiger partial charge is 0.250 e. The summed E-state index contributed by atoms with van der Waals surface area (Å²) in [6.45, 7) is 4.75. The average molecular weight is 345 g/mol. The van der Waals surface area contributed by atoms with Crippen molar-refractivity contribution >= 4 is 45.4 Å². The molecule has 0 aromatic carbocycles. The topological polar surface area (TPSA) is 58.2 Å². The van der Waals surface area contributed by atoms with Gasteiger partial charge in [-0.3, -0.25) is 0 Å². The quantitative estimate of drug-likeness (QED) is 0.885. The number of nitrogens with one attached hydrogen (secondary N) is 2. The van der Waals surface area contributed by atoms with Crippen LogP contribution in [0.5, 0.6) is 0 Å². The van der Waals surface area contributed by atoms with E-state index < -0.39 is 10.0 Å². The molecule has 1 aromatic heterocycles. The fourth-order valence-corrected chi connectivity index (χ4v) is 5.10. The van der Waals surface area contributed by atoms with Gasteiger partial charge in [0.2, 0.25) is 10.0 Å². The van der Waals surface area contributed by atoms with E-state index in [9.17, 15) is 8.42 Å². The van der Waals surface area contributed by atoms with Crippen LogP contribution in [0, 0.1) is 6.92 Å². The highest BCUT2D eigenvalue weighted by atomic mass is 35.5. The van der Waals surface area contributed by atoms with Crippen molar-refractivity contribution in [1.82, 2.24) is 10.0 Å². The molecule has 2 N–H and O–H groups in total. The maximum absolute atomic E-state index is 12.2. The molecule has 2 unspecified atom stereocenters. The molecule has 1 aromatic rings. The Morgan fingerprint density at radius 2 is 2.21 bits per heavy atom. The number of hydrogen-bond acceptors (Lipinski definition) is 4. The minimum Gasteiger partial charge on any atom is -0.313 e. The van der Waals surface area contributed by atoms with Crippen molar-refractivity contribution in [1.29, 1.82) is 0 Å². The summed E-state index contributed by atoms with van der Waals surface area (Å²) in [7, 11) is -3.45. The molecule has 19 heavy (non-hydrogen) atoms. The molecule has 2 atom stereocenters. The lowest BCUT2D eigenvalue weighted by Crippen LogP contribution is -2.51. The Balaban J connectivity index is 0.00000180. The number of halogens is 2. The first-order chi connectivity index (χ1) is 8.40. The Kier molecular flexibility index (Phi) is 6.10. The van der Waals surface area contributed by atoms with Gasteiger partial charge < -0.3 is 5.32 Å². The minimum atomic E-state index is -3.45. The Labute approximate surface area is 129 Å². The Morgan fingerprint density at radius 3 is 2.74 bits per heavy atom. The molecule has 2 rings (SSSR count). The molecule has 0 aliphatic carbocycles. The molecule has 8 heteroatoms. The normalized spacial score (nSPS) is 23.9. The van der Waals surface area contributed by atoms with E-state index in [4.69, 9.17) is 11.6 Å². The highest BCUT2D eigenvalue weighted by Crippen LogP contribution is 2.30. The number of sulfonamides is 1. The molecule has 110 valence electrons. The lowest BCUT2D eigenvalue weighted by Gasteiger charge is -2.30. The summed E-state index contributed by atoms with van der Waals surface area (Å²) in [6, 6.07) is 1.73. The van der Waals surface area contributed by atoms with E-state index >= 15 is 0 Å². The average Bonchev–Trinajstić information content (AvgIpc) is 2.63. The molecular formula is C11H18Cl2N2O2S2. The first-order valence-corrected chi connectivity index (χ1v) is 8.59. The van der Waals surface area contributed by atoms with Gasteiger partial charge in [-0.25, -0.2) is 13.1 Å². The van der Waals surface area contributed by atoms with Crippen LogP contribution in [-0.2, 0) is 10.0 Å². The van der Waals surface area contributed by atoms with Gasteiger partial charge >= 0.3 is 0 Å². The summed E-state index contributed by atoms with van der Waals surface area (Å²) in [5, 5.41) is 3.27. The third-order valence-corrected chi connectivity index (χ3v) is 6.69. The summed E-state index contributed by atoms with van der Waals surface area (Å²) < 4.78 is 28.0. The van der Waals surface area contributed by atoms with Crippen molar-refractivity contribution < 1.29 is 8.42 Å². The van der Waals surface area contributed by atoms with Gasteiger partial charge in [0.15, 0.2) is 0 Å². The molecule has 0 saturated carbocycles. The summed E-state index contributed by atoms with van der Waals surface area (Å²) in [6.07, 6.45) is 1.85. The standard InChI is InChI=1S/C11H17ClN2O2S2.ClH/c1-7-6-10(17-11(7)12)18(15,16)14-9-4-3-5-13-8(9)2;/h6,8-9,13-14H,3-5H2,1-2H3;1H. The Hall–Kier alpha value is 0.150. The van der Waals surface area contributed by atoms with Crippen LogP contribution in [0.2, 0.25) is 4.34 Å². The van der Waals surface area contributed by atoms with Crippen LogP contribution < -0.4 is 10.0 Å². The van der Waals surface area contributed by atoms with E-state index in [2.05, 4.69) is 10.0 Å². The van der Waals surface area contributed by atoms with E-state index in [1.165, 1.54) is 0 Å². The molecule has 4 nitrogen and oxygen atoms in total. The van der Waals surface area contributed by atoms with Gasteiger partial charge in [-0.2, -0.15) is 0 Å². The summed E-state index contributed by atoms with van der Waals surface area (Å²) in [4.78, 5) is 0. The van der Waals surface area contributed by atoms with Crippen LogP contribution in [-0.4, -0.2) is 27.0 Å². The molecule has 0 spiro atoms. The second-order valence-corrected chi connectivity index (χ2v) is 8.23. The number of piperidine rings is 1. The zero-order chi connectivity index (χ0) is 13.3. The molecular weight excluding hydrogens is 327 g/mol. The number of thiophene rings is 1. The lowest BCUT2D eigenvalue weighted by molar-refractivity contribution is 0.349. The first kappa shape index (κ1) is 17.2. The summed E-state index contributed by atoms with van der Waals surface area (Å²) >= 11 is 7.03. The maximum atomic E-state index is 12.2. The highest BCUT2D eigenvalue weighted by Gasteiger charge is 2.27. The monoisotopic (exact) mass is 344 g/mol. The SMILES string of the molecule is Cc1cc(S(=O)(=O)NC2CCCNC2C)sc1Cl.Cl. The molecule has 1 aliphatic heterocycles. The summed E-state index contributed by atoms with van der Waals surface area (Å²) in [5.74, 6) is 0. The fraction of sp³-hybridized carbons (Fsp3) is 0.636. The van der Waals surface area contributed by atoms with Crippen molar-refractivity contribution in [2.24, 2.45) is 0 Å². The van der Waals surface area contributed by atoms with Crippen LogP contribution >= 0.6 is 35.3 Å². The van der Waals surface area contributed by atoms with Gasteiger partial charge in [0.1, 0.15) is 4.21 Å². The number of aryl methyl sites for hydroxylation is 1. The van der Waals surface area contributed by atoms with Crippen molar-refractivity contribution in [3.05, 3.63) is 16.0 Å². The molecule has 1 fully saturated rings. The van der Waals surface area contributed by atoms with Gasteiger partial charge in [0.25, 0.3) is 0 Å². The van der Waals surface area contributed by atoms with E-state index in [1.54, 1.807) is 6.07 Å². The minimum absolute atomic E-state index is 0. The van der Waals surface area contributed by atoms with Crippen LogP contribution in [0.15, 0.2) is 10.3 Å². The van der Waals surface area contributed by atoms with Crippen LogP contribution in [0.3, 0.4) is 0 Å². The molecule has 0 amide bonds. The Morgan fingerprint density at radius 1 is 1.53 bits per heavy atom. The van der Waals surface area contributed by atoms with Crippen molar-refractivity contribution in [2.75, 3.05) is 6.54 Å². The maximum Gasteiger partial charge on any atom is 0.250 e. The molecule has 1 aliphatic rings. The fourth-order valence-electron chi connectivity index (χ4n) is 2.03.